The van der Waals surface area contributed by atoms with Gasteiger partial charge in [-0.3, -0.25) is 0 Å². The van der Waals surface area contributed by atoms with Crippen molar-refractivity contribution < 1.29 is 0 Å². The molecule has 1 heteroatoms. The second-order valence-corrected chi connectivity index (χ2v) is 3.93. The first-order chi connectivity index (χ1) is 6.95. The molecule has 0 aliphatic heterocycles. The summed E-state index contributed by atoms with van der Waals surface area (Å²) < 4.78 is 0. The van der Waals surface area contributed by atoms with E-state index in [4.69, 9.17) is 0 Å². The van der Waals surface area contributed by atoms with E-state index < -0.39 is 0 Å². The molecular weight excluding hydrogens is 170 g/mol. The van der Waals surface area contributed by atoms with Crippen LogP contribution >= 0.6 is 0 Å². The number of rotatable bonds is 3. The average molecular weight is 187 g/mol. The molecule has 0 bridgehead atoms. The maximum atomic E-state index is 3.48. The highest BCUT2D eigenvalue weighted by molar-refractivity contribution is 5.29. The van der Waals surface area contributed by atoms with Gasteiger partial charge in [0.15, 0.2) is 0 Å². The second kappa shape index (κ2) is 4.85. The van der Waals surface area contributed by atoms with Gasteiger partial charge in [0.05, 0.1) is 0 Å². The van der Waals surface area contributed by atoms with Crippen molar-refractivity contribution >= 4 is 0 Å². The van der Waals surface area contributed by atoms with Crippen LogP contribution in [-0.4, -0.2) is 6.54 Å². The first-order valence-electron chi connectivity index (χ1n) is 5.41. The summed E-state index contributed by atoms with van der Waals surface area (Å²) in [4.78, 5) is 0. The zero-order chi connectivity index (χ0) is 9.64. The fourth-order valence-electron chi connectivity index (χ4n) is 1.64. The molecule has 1 fully saturated rings. The van der Waals surface area contributed by atoms with E-state index in [9.17, 15) is 0 Å². The molecule has 0 amide bonds. The molecule has 2 rings (SSSR count). The van der Waals surface area contributed by atoms with Crippen LogP contribution in [0.2, 0.25) is 0 Å². The third-order valence-electron chi connectivity index (χ3n) is 2.82. The molecule has 0 saturated heterocycles. The Morgan fingerprint density at radius 3 is 2.64 bits per heavy atom. The van der Waals surface area contributed by atoms with Crippen LogP contribution in [0.3, 0.4) is 0 Å². The summed E-state index contributed by atoms with van der Waals surface area (Å²) in [5.74, 6) is 0.911. The Labute approximate surface area is 85.9 Å². The first kappa shape index (κ1) is 9.32. The first-order valence-corrected chi connectivity index (χ1v) is 5.41. The van der Waals surface area contributed by atoms with Crippen LogP contribution in [0.25, 0.3) is 0 Å². The van der Waals surface area contributed by atoms with Gasteiger partial charge < -0.3 is 5.32 Å². The number of hydrogen-bond acceptors (Lipinski definition) is 1. The van der Waals surface area contributed by atoms with Crippen molar-refractivity contribution in [2.75, 3.05) is 6.54 Å². The molecule has 1 nitrogen and oxygen atoms in total. The van der Waals surface area contributed by atoms with E-state index in [-0.39, 0.29) is 0 Å². The Balaban J connectivity index is 1.83. The zero-order valence-corrected chi connectivity index (χ0v) is 8.45. The van der Waals surface area contributed by atoms with E-state index in [1.54, 1.807) is 0 Å². The lowest BCUT2D eigenvalue weighted by molar-refractivity contribution is 0.310. The molecule has 14 heavy (non-hydrogen) atoms. The maximum absolute atomic E-state index is 3.48. The third-order valence-corrected chi connectivity index (χ3v) is 2.82. The Kier molecular flexibility index (Phi) is 3.23. The summed E-state index contributed by atoms with van der Waals surface area (Å²) in [5, 5.41) is 3.48. The SMILES string of the molecule is C1=C/C=C\C(NCC2CCC2)=C/C=C1. The zero-order valence-electron chi connectivity index (χ0n) is 8.45. The maximum Gasteiger partial charge on any atom is 0.0340 e. The highest BCUT2D eigenvalue weighted by atomic mass is 14.9. The molecule has 2 aliphatic rings. The van der Waals surface area contributed by atoms with Gasteiger partial charge in [-0.1, -0.05) is 36.8 Å². The molecule has 2 aliphatic carbocycles. The van der Waals surface area contributed by atoms with Crippen LogP contribution in [-0.2, 0) is 0 Å². The van der Waals surface area contributed by atoms with Gasteiger partial charge in [-0.05, 0) is 30.9 Å². The van der Waals surface area contributed by atoms with Gasteiger partial charge in [-0.15, -0.1) is 0 Å². The van der Waals surface area contributed by atoms with Crippen LogP contribution in [0.1, 0.15) is 19.3 Å². The van der Waals surface area contributed by atoms with Gasteiger partial charge in [0.2, 0.25) is 0 Å². The fourth-order valence-corrected chi connectivity index (χ4v) is 1.64. The Bertz CT molecular complexity index is 290. The predicted molar refractivity (Wildman–Crippen MR) is 60.8 cm³/mol. The van der Waals surface area contributed by atoms with Gasteiger partial charge in [0.1, 0.15) is 0 Å². The van der Waals surface area contributed by atoms with Gasteiger partial charge in [0, 0.05) is 12.2 Å². The molecule has 0 aromatic heterocycles. The van der Waals surface area contributed by atoms with Gasteiger partial charge in [-0.2, -0.15) is 0 Å². The molecular formula is C13H17N. The lowest BCUT2D eigenvalue weighted by atomic mass is 9.85. The third kappa shape index (κ3) is 2.63. The molecule has 1 saturated carbocycles. The van der Waals surface area contributed by atoms with Crippen molar-refractivity contribution in [3.8, 4) is 0 Å². The monoisotopic (exact) mass is 187 g/mol. The van der Waals surface area contributed by atoms with E-state index in [0.29, 0.717) is 0 Å². The van der Waals surface area contributed by atoms with Gasteiger partial charge >= 0.3 is 0 Å². The van der Waals surface area contributed by atoms with E-state index in [0.717, 1.165) is 12.5 Å². The van der Waals surface area contributed by atoms with Crippen molar-refractivity contribution in [1.82, 2.24) is 5.32 Å². The highest BCUT2D eigenvalue weighted by Gasteiger charge is 2.16. The minimum absolute atomic E-state index is 0.911. The number of hydrogen-bond donors (Lipinski definition) is 1. The van der Waals surface area contributed by atoms with Crippen LogP contribution in [0.4, 0.5) is 0 Å². The normalized spacial score (nSPS) is 27.0. The molecule has 0 radical (unpaired) electrons. The Morgan fingerprint density at radius 1 is 1.07 bits per heavy atom. The molecule has 0 heterocycles. The summed E-state index contributed by atoms with van der Waals surface area (Å²) in [6, 6.07) is 0. The molecule has 74 valence electrons. The summed E-state index contributed by atoms with van der Waals surface area (Å²) >= 11 is 0. The topological polar surface area (TPSA) is 12.0 Å². The van der Waals surface area contributed by atoms with E-state index >= 15 is 0 Å². The van der Waals surface area contributed by atoms with E-state index in [1.165, 1.54) is 25.0 Å². The summed E-state index contributed by atoms with van der Waals surface area (Å²) in [7, 11) is 0. The molecule has 0 aromatic carbocycles. The van der Waals surface area contributed by atoms with Gasteiger partial charge in [-0.25, -0.2) is 0 Å². The predicted octanol–water partition coefficient (Wildman–Crippen LogP) is 2.94. The minimum atomic E-state index is 0.911. The van der Waals surface area contributed by atoms with Crippen molar-refractivity contribution in [1.29, 1.82) is 0 Å². The second-order valence-electron chi connectivity index (χ2n) is 3.93. The Hall–Kier alpha value is -1.24. The van der Waals surface area contributed by atoms with Crippen molar-refractivity contribution in [2.45, 2.75) is 19.3 Å². The largest absolute Gasteiger partial charge is 0.385 e. The highest BCUT2D eigenvalue weighted by Crippen LogP contribution is 2.25. The molecule has 1 N–H and O–H groups in total. The lowest BCUT2D eigenvalue weighted by Gasteiger charge is -2.26. The Morgan fingerprint density at radius 2 is 1.86 bits per heavy atom. The van der Waals surface area contributed by atoms with E-state index in [2.05, 4.69) is 41.8 Å². The van der Waals surface area contributed by atoms with Crippen LogP contribution < -0.4 is 5.32 Å². The molecule has 0 unspecified atom stereocenters. The average Bonchev–Trinajstić information content (AvgIpc) is 2.05. The summed E-state index contributed by atoms with van der Waals surface area (Å²) in [5.41, 5.74) is 1.22. The number of nitrogens with one attached hydrogen (secondary N) is 1. The molecule has 0 atom stereocenters. The number of allylic oxidation sites excluding steroid dienone is 7. The molecule has 0 spiro atoms. The van der Waals surface area contributed by atoms with Crippen LogP contribution in [0.5, 0.6) is 0 Å². The van der Waals surface area contributed by atoms with Crippen molar-refractivity contribution in [3.63, 3.8) is 0 Å². The lowest BCUT2D eigenvalue weighted by Crippen LogP contribution is -2.26. The van der Waals surface area contributed by atoms with Gasteiger partial charge in [0.25, 0.3) is 0 Å². The van der Waals surface area contributed by atoms with Crippen molar-refractivity contribution in [3.05, 3.63) is 48.2 Å². The van der Waals surface area contributed by atoms with Crippen LogP contribution in [0, 0.1) is 5.92 Å². The smallest absolute Gasteiger partial charge is 0.0340 e. The fraction of sp³-hybridized carbons (Fsp3) is 0.385. The van der Waals surface area contributed by atoms with Crippen molar-refractivity contribution in [2.24, 2.45) is 5.92 Å². The standard InChI is InChI=1S/C13H17N/c1-2-4-9-13(10-5-3-1)14-11-12-7-6-8-12/h1-5,9-10,12,14H,6-8,11H2/b2-1?,3-1?,4-2?,5-3?,9-4-,10-5?,13-9?,13-10+. The van der Waals surface area contributed by atoms with E-state index in [1.807, 2.05) is 6.08 Å². The summed E-state index contributed by atoms with van der Waals surface area (Å²) in [6.45, 7) is 1.13. The van der Waals surface area contributed by atoms with Crippen LogP contribution in [0.15, 0.2) is 48.2 Å². The summed E-state index contributed by atoms with van der Waals surface area (Å²) in [6.07, 6.45) is 18.8. The minimum Gasteiger partial charge on any atom is -0.385 e. The molecule has 0 aromatic rings. The quantitative estimate of drug-likeness (QED) is 0.716.